The molecular weight excluding hydrogens is 424 g/mol. The number of hydrogen-bond acceptors (Lipinski definition) is 5. The van der Waals surface area contributed by atoms with Gasteiger partial charge in [0.15, 0.2) is 5.76 Å². The fourth-order valence-electron chi connectivity index (χ4n) is 4.20. The molecule has 1 N–H and O–H groups in total. The summed E-state index contributed by atoms with van der Waals surface area (Å²) < 4.78 is 5.16. The summed E-state index contributed by atoms with van der Waals surface area (Å²) in [5.41, 5.74) is 1.10. The van der Waals surface area contributed by atoms with Crippen molar-refractivity contribution >= 4 is 29.3 Å². The maximum absolute atomic E-state index is 12.9. The molecule has 3 heterocycles. The van der Waals surface area contributed by atoms with Crippen LogP contribution in [-0.2, 0) is 9.59 Å². The van der Waals surface area contributed by atoms with Crippen LogP contribution >= 0.6 is 0 Å². The van der Waals surface area contributed by atoms with Gasteiger partial charge >= 0.3 is 0 Å². The van der Waals surface area contributed by atoms with Crippen LogP contribution in [-0.4, -0.2) is 77.1 Å². The van der Waals surface area contributed by atoms with E-state index in [0.717, 1.165) is 0 Å². The third-order valence-corrected chi connectivity index (χ3v) is 6.14. The molecule has 4 amide bonds. The third kappa shape index (κ3) is 4.92. The van der Waals surface area contributed by atoms with E-state index in [0.29, 0.717) is 49.7 Å². The monoisotopic (exact) mass is 452 g/mol. The van der Waals surface area contributed by atoms with Crippen molar-refractivity contribution in [3.63, 3.8) is 0 Å². The van der Waals surface area contributed by atoms with Crippen molar-refractivity contribution in [1.82, 2.24) is 14.7 Å². The highest BCUT2D eigenvalue weighted by Gasteiger charge is 2.35. The third-order valence-electron chi connectivity index (χ3n) is 6.14. The van der Waals surface area contributed by atoms with Crippen molar-refractivity contribution in [1.29, 1.82) is 0 Å². The average Bonchev–Trinajstić information content (AvgIpc) is 3.49. The van der Waals surface area contributed by atoms with E-state index in [-0.39, 0.29) is 42.0 Å². The van der Waals surface area contributed by atoms with E-state index in [1.165, 1.54) is 6.26 Å². The van der Waals surface area contributed by atoms with Gasteiger partial charge in [0.1, 0.15) is 0 Å². The first-order valence-corrected chi connectivity index (χ1v) is 11.2. The van der Waals surface area contributed by atoms with Crippen molar-refractivity contribution in [2.24, 2.45) is 5.92 Å². The van der Waals surface area contributed by atoms with Crippen LogP contribution in [0.3, 0.4) is 0 Å². The summed E-state index contributed by atoms with van der Waals surface area (Å²) in [6.45, 7) is 6.04. The molecule has 0 saturated carbocycles. The zero-order chi connectivity index (χ0) is 23.5. The van der Waals surface area contributed by atoms with Crippen LogP contribution in [0.5, 0.6) is 0 Å². The Labute approximate surface area is 192 Å². The SMILES string of the molecule is CC(C)N1CC(C(=O)Nc2ccc(C(=O)N3CCN(C(=O)c4ccco4)CC3)cc2)CC1=O. The molecule has 1 unspecified atom stereocenters. The molecule has 2 aromatic rings. The van der Waals surface area contributed by atoms with Crippen LogP contribution in [0.15, 0.2) is 47.1 Å². The number of furan rings is 1. The summed E-state index contributed by atoms with van der Waals surface area (Å²) in [5.74, 6) is -0.563. The first-order chi connectivity index (χ1) is 15.8. The van der Waals surface area contributed by atoms with Crippen LogP contribution in [0.2, 0.25) is 0 Å². The Bertz CT molecular complexity index is 1020. The average molecular weight is 453 g/mol. The zero-order valence-corrected chi connectivity index (χ0v) is 18.8. The number of piperazine rings is 1. The Kier molecular flexibility index (Phi) is 6.48. The summed E-state index contributed by atoms with van der Waals surface area (Å²) in [6.07, 6.45) is 1.68. The maximum Gasteiger partial charge on any atom is 0.289 e. The molecule has 9 nitrogen and oxygen atoms in total. The standard InChI is InChI=1S/C24H28N4O5/c1-16(2)28-15-18(14-21(28)29)22(30)25-19-7-5-17(6-8-19)23(31)26-9-11-27(12-10-26)24(32)20-4-3-13-33-20/h3-8,13,16,18H,9-12,14-15H2,1-2H3,(H,25,30). The van der Waals surface area contributed by atoms with E-state index in [4.69, 9.17) is 4.42 Å². The van der Waals surface area contributed by atoms with Gasteiger partial charge in [-0.15, -0.1) is 0 Å². The number of anilines is 1. The second-order valence-electron chi connectivity index (χ2n) is 8.67. The van der Waals surface area contributed by atoms with Crippen molar-refractivity contribution in [2.45, 2.75) is 26.3 Å². The molecule has 2 saturated heterocycles. The number of nitrogens with zero attached hydrogens (tertiary/aromatic N) is 3. The molecular formula is C24H28N4O5. The summed E-state index contributed by atoms with van der Waals surface area (Å²) in [7, 11) is 0. The van der Waals surface area contributed by atoms with E-state index in [1.807, 2.05) is 13.8 Å². The lowest BCUT2D eigenvalue weighted by molar-refractivity contribution is -0.129. The topological polar surface area (TPSA) is 103 Å². The Morgan fingerprint density at radius 3 is 2.15 bits per heavy atom. The number of amides is 4. The normalized spacial score (nSPS) is 18.7. The smallest absolute Gasteiger partial charge is 0.289 e. The van der Waals surface area contributed by atoms with Gasteiger partial charge in [-0.05, 0) is 50.2 Å². The summed E-state index contributed by atoms with van der Waals surface area (Å²) in [6, 6.07) is 10.1. The van der Waals surface area contributed by atoms with Gasteiger partial charge in [0.05, 0.1) is 12.2 Å². The van der Waals surface area contributed by atoms with Gasteiger partial charge in [0.2, 0.25) is 11.8 Å². The predicted molar refractivity (Wildman–Crippen MR) is 121 cm³/mol. The number of nitrogens with one attached hydrogen (secondary N) is 1. The minimum absolute atomic E-state index is 0.00273. The lowest BCUT2D eigenvalue weighted by Gasteiger charge is -2.34. The quantitative estimate of drug-likeness (QED) is 0.748. The lowest BCUT2D eigenvalue weighted by atomic mass is 10.1. The minimum Gasteiger partial charge on any atom is -0.459 e. The van der Waals surface area contributed by atoms with Gasteiger partial charge in [-0.1, -0.05) is 0 Å². The summed E-state index contributed by atoms with van der Waals surface area (Å²) in [5, 5.41) is 2.85. The maximum atomic E-state index is 12.9. The van der Waals surface area contributed by atoms with Gasteiger partial charge in [-0.25, -0.2) is 0 Å². The second-order valence-corrected chi connectivity index (χ2v) is 8.67. The Hall–Kier alpha value is -3.62. The van der Waals surface area contributed by atoms with E-state index in [2.05, 4.69) is 5.32 Å². The zero-order valence-electron chi connectivity index (χ0n) is 18.8. The minimum atomic E-state index is -0.374. The van der Waals surface area contributed by atoms with Crippen LogP contribution in [0.1, 0.15) is 41.2 Å². The molecule has 4 rings (SSSR count). The molecule has 0 bridgehead atoms. The fourth-order valence-corrected chi connectivity index (χ4v) is 4.20. The molecule has 1 aromatic heterocycles. The number of benzene rings is 1. The van der Waals surface area contributed by atoms with Crippen molar-refractivity contribution in [3.8, 4) is 0 Å². The number of likely N-dealkylation sites (tertiary alicyclic amines) is 1. The molecule has 174 valence electrons. The fraction of sp³-hybridized carbons (Fsp3) is 0.417. The second kappa shape index (κ2) is 9.48. The van der Waals surface area contributed by atoms with Crippen LogP contribution in [0.4, 0.5) is 5.69 Å². The highest BCUT2D eigenvalue weighted by molar-refractivity contribution is 5.98. The Morgan fingerprint density at radius 1 is 0.970 bits per heavy atom. The Morgan fingerprint density at radius 2 is 1.61 bits per heavy atom. The van der Waals surface area contributed by atoms with E-state index in [1.54, 1.807) is 51.1 Å². The van der Waals surface area contributed by atoms with E-state index in [9.17, 15) is 19.2 Å². The molecule has 33 heavy (non-hydrogen) atoms. The van der Waals surface area contributed by atoms with E-state index >= 15 is 0 Å². The predicted octanol–water partition coefficient (Wildman–Crippen LogP) is 2.07. The van der Waals surface area contributed by atoms with Crippen LogP contribution < -0.4 is 5.32 Å². The van der Waals surface area contributed by atoms with Crippen molar-refractivity contribution < 1.29 is 23.6 Å². The first-order valence-electron chi connectivity index (χ1n) is 11.2. The molecule has 1 atom stereocenters. The summed E-state index contributed by atoms with van der Waals surface area (Å²) >= 11 is 0. The van der Waals surface area contributed by atoms with E-state index < -0.39 is 0 Å². The molecule has 2 fully saturated rings. The van der Waals surface area contributed by atoms with Crippen molar-refractivity contribution in [2.75, 3.05) is 38.0 Å². The van der Waals surface area contributed by atoms with Gasteiger partial charge in [0.25, 0.3) is 11.8 Å². The highest BCUT2D eigenvalue weighted by Crippen LogP contribution is 2.22. The van der Waals surface area contributed by atoms with Crippen LogP contribution in [0, 0.1) is 5.92 Å². The molecule has 0 spiro atoms. The number of carbonyl (C=O) groups excluding carboxylic acids is 4. The number of hydrogen-bond donors (Lipinski definition) is 1. The Balaban J connectivity index is 1.29. The first kappa shape index (κ1) is 22.6. The molecule has 2 aliphatic rings. The number of carbonyl (C=O) groups is 4. The van der Waals surface area contributed by atoms with Gasteiger partial charge < -0.3 is 24.4 Å². The molecule has 0 aliphatic carbocycles. The summed E-state index contributed by atoms with van der Waals surface area (Å²) in [4.78, 5) is 54.9. The highest BCUT2D eigenvalue weighted by atomic mass is 16.3. The molecule has 1 aromatic carbocycles. The molecule has 9 heteroatoms. The van der Waals surface area contributed by atoms with Gasteiger partial charge in [-0.2, -0.15) is 0 Å². The number of rotatable bonds is 5. The largest absolute Gasteiger partial charge is 0.459 e. The van der Waals surface area contributed by atoms with Crippen molar-refractivity contribution in [3.05, 3.63) is 54.0 Å². The van der Waals surface area contributed by atoms with Gasteiger partial charge in [-0.3, -0.25) is 19.2 Å². The lowest BCUT2D eigenvalue weighted by Crippen LogP contribution is -2.50. The molecule has 0 radical (unpaired) electrons. The van der Waals surface area contributed by atoms with Crippen LogP contribution in [0.25, 0.3) is 0 Å². The molecule has 2 aliphatic heterocycles. The van der Waals surface area contributed by atoms with Gasteiger partial charge in [0, 0.05) is 56.4 Å².